The zero-order valence-electron chi connectivity index (χ0n) is 14.5. The van der Waals surface area contributed by atoms with E-state index in [1.165, 1.54) is 0 Å². The molecule has 0 bridgehead atoms. The van der Waals surface area contributed by atoms with Crippen LogP contribution < -0.4 is 5.73 Å². The smallest absolute Gasteiger partial charge is 0.170 e. The van der Waals surface area contributed by atoms with Crippen LogP contribution in [-0.2, 0) is 11.2 Å². The van der Waals surface area contributed by atoms with Gasteiger partial charge in [0.05, 0.1) is 5.92 Å². The lowest BCUT2D eigenvalue weighted by molar-refractivity contribution is -0.129. The molecule has 26 heavy (non-hydrogen) atoms. The number of benzene rings is 3. The van der Waals surface area contributed by atoms with Gasteiger partial charge in [-0.05, 0) is 16.7 Å². The predicted molar refractivity (Wildman–Crippen MR) is 104 cm³/mol. The van der Waals surface area contributed by atoms with Crippen molar-refractivity contribution in [1.29, 1.82) is 0 Å². The van der Waals surface area contributed by atoms with Gasteiger partial charge in [-0.1, -0.05) is 91.0 Å². The maximum absolute atomic E-state index is 13.1. The third-order valence-corrected chi connectivity index (χ3v) is 4.61. The van der Waals surface area contributed by atoms with Gasteiger partial charge in [0.1, 0.15) is 6.10 Å². The van der Waals surface area contributed by atoms with Gasteiger partial charge in [0, 0.05) is 12.5 Å². The van der Waals surface area contributed by atoms with Crippen LogP contribution in [0.4, 0.5) is 0 Å². The standard InChI is InChI=1S/C23H23NO2/c24-22(19-14-8-3-9-15-19)21(18-12-6-2-7-13-18)23(26)20(25)16-17-10-4-1-5-11-17/h1-15,20-22,25H,16,24H2. The highest BCUT2D eigenvalue weighted by molar-refractivity contribution is 5.90. The van der Waals surface area contributed by atoms with Gasteiger partial charge in [0.2, 0.25) is 0 Å². The summed E-state index contributed by atoms with van der Waals surface area (Å²) in [5, 5.41) is 10.6. The molecule has 3 unspecified atom stereocenters. The number of hydrogen-bond acceptors (Lipinski definition) is 3. The second kappa shape index (κ2) is 8.56. The molecule has 0 aromatic heterocycles. The van der Waals surface area contributed by atoms with E-state index in [9.17, 15) is 9.90 Å². The van der Waals surface area contributed by atoms with Gasteiger partial charge in [-0.3, -0.25) is 4.79 Å². The topological polar surface area (TPSA) is 63.3 Å². The molecule has 132 valence electrons. The Kier molecular flexibility index (Phi) is 5.95. The van der Waals surface area contributed by atoms with Gasteiger partial charge in [0.25, 0.3) is 0 Å². The molecule has 0 aliphatic rings. The normalized spacial score (nSPS) is 14.4. The van der Waals surface area contributed by atoms with E-state index in [0.29, 0.717) is 0 Å². The minimum atomic E-state index is -1.10. The van der Waals surface area contributed by atoms with Gasteiger partial charge in [-0.2, -0.15) is 0 Å². The Balaban J connectivity index is 1.89. The quantitative estimate of drug-likeness (QED) is 0.687. The Hall–Kier alpha value is -2.75. The summed E-state index contributed by atoms with van der Waals surface area (Å²) in [6.45, 7) is 0. The van der Waals surface area contributed by atoms with Crippen LogP contribution in [0.25, 0.3) is 0 Å². The maximum atomic E-state index is 13.1. The molecule has 0 amide bonds. The van der Waals surface area contributed by atoms with Crippen molar-refractivity contribution in [1.82, 2.24) is 0 Å². The minimum absolute atomic E-state index is 0.253. The van der Waals surface area contributed by atoms with Crippen LogP contribution in [0, 0.1) is 0 Å². The van der Waals surface area contributed by atoms with E-state index < -0.39 is 18.1 Å². The summed E-state index contributed by atoms with van der Waals surface area (Å²) in [4.78, 5) is 13.1. The van der Waals surface area contributed by atoms with Crippen LogP contribution in [0.15, 0.2) is 91.0 Å². The molecule has 0 saturated carbocycles. The summed E-state index contributed by atoms with van der Waals surface area (Å²) in [7, 11) is 0. The number of carbonyl (C=O) groups is 1. The van der Waals surface area contributed by atoms with Crippen molar-refractivity contribution < 1.29 is 9.90 Å². The van der Waals surface area contributed by atoms with E-state index in [4.69, 9.17) is 5.73 Å². The Bertz CT molecular complexity index is 819. The predicted octanol–water partition coefficient (Wildman–Crippen LogP) is 3.64. The van der Waals surface area contributed by atoms with Crippen LogP contribution in [0.1, 0.15) is 28.7 Å². The molecule has 3 aromatic rings. The van der Waals surface area contributed by atoms with Gasteiger partial charge in [0.15, 0.2) is 5.78 Å². The van der Waals surface area contributed by atoms with Gasteiger partial charge < -0.3 is 10.8 Å². The zero-order valence-corrected chi connectivity index (χ0v) is 14.5. The van der Waals surface area contributed by atoms with Gasteiger partial charge in [-0.15, -0.1) is 0 Å². The Morgan fingerprint density at radius 3 is 1.77 bits per heavy atom. The van der Waals surface area contributed by atoms with E-state index in [2.05, 4.69) is 0 Å². The van der Waals surface area contributed by atoms with Crippen LogP contribution >= 0.6 is 0 Å². The zero-order chi connectivity index (χ0) is 18.4. The van der Waals surface area contributed by atoms with Crippen molar-refractivity contribution in [3.8, 4) is 0 Å². The molecule has 3 heteroatoms. The first-order valence-electron chi connectivity index (χ1n) is 8.78. The molecule has 0 fully saturated rings. The van der Waals surface area contributed by atoms with Gasteiger partial charge in [-0.25, -0.2) is 0 Å². The van der Waals surface area contributed by atoms with E-state index in [1.807, 2.05) is 91.0 Å². The summed E-state index contributed by atoms with van der Waals surface area (Å²) >= 11 is 0. The number of aliphatic hydroxyl groups is 1. The van der Waals surface area contributed by atoms with E-state index in [0.717, 1.165) is 16.7 Å². The fourth-order valence-corrected chi connectivity index (χ4v) is 3.22. The van der Waals surface area contributed by atoms with Crippen molar-refractivity contribution in [3.63, 3.8) is 0 Å². The summed E-state index contributed by atoms with van der Waals surface area (Å²) in [5.74, 6) is -0.853. The lowest BCUT2D eigenvalue weighted by atomic mass is 9.81. The second-order valence-electron chi connectivity index (χ2n) is 6.43. The van der Waals surface area contributed by atoms with Crippen LogP contribution in [-0.4, -0.2) is 17.0 Å². The molecule has 3 rings (SSSR count). The highest BCUT2D eigenvalue weighted by atomic mass is 16.3. The molecule has 3 atom stereocenters. The van der Waals surface area contributed by atoms with Crippen LogP contribution in [0.5, 0.6) is 0 Å². The molecule has 0 saturated heterocycles. The summed E-state index contributed by atoms with van der Waals surface area (Å²) in [6, 6.07) is 28.0. The maximum Gasteiger partial charge on any atom is 0.170 e. The number of aliphatic hydroxyl groups excluding tert-OH is 1. The van der Waals surface area contributed by atoms with Crippen LogP contribution in [0.2, 0.25) is 0 Å². The number of nitrogens with two attached hydrogens (primary N) is 1. The molecule has 0 aliphatic carbocycles. The van der Waals surface area contributed by atoms with Gasteiger partial charge >= 0.3 is 0 Å². The average Bonchev–Trinajstić information content (AvgIpc) is 2.70. The SMILES string of the molecule is NC(c1ccccc1)C(C(=O)C(O)Cc1ccccc1)c1ccccc1. The van der Waals surface area contributed by atoms with E-state index >= 15 is 0 Å². The van der Waals surface area contributed by atoms with E-state index in [1.54, 1.807) is 0 Å². The summed E-state index contributed by atoms with van der Waals surface area (Å²) in [5.41, 5.74) is 9.09. The number of ketones is 1. The highest BCUT2D eigenvalue weighted by Crippen LogP contribution is 2.31. The molecular weight excluding hydrogens is 322 g/mol. The molecule has 3 nitrogen and oxygen atoms in total. The lowest BCUT2D eigenvalue weighted by Gasteiger charge is -2.26. The second-order valence-corrected chi connectivity index (χ2v) is 6.43. The lowest BCUT2D eigenvalue weighted by Crippen LogP contribution is -2.35. The third kappa shape index (κ3) is 4.26. The van der Waals surface area contributed by atoms with E-state index in [-0.39, 0.29) is 12.2 Å². The fraction of sp³-hybridized carbons (Fsp3) is 0.174. The first-order chi connectivity index (χ1) is 12.7. The van der Waals surface area contributed by atoms with Crippen molar-refractivity contribution in [2.75, 3.05) is 0 Å². The first kappa shape index (κ1) is 18.1. The Morgan fingerprint density at radius 2 is 1.23 bits per heavy atom. The number of hydrogen-bond donors (Lipinski definition) is 2. The molecule has 0 spiro atoms. The van der Waals surface area contributed by atoms with Crippen molar-refractivity contribution in [3.05, 3.63) is 108 Å². The Morgan fingerprint density at radius 1 is 0.769 bits per heavy atom. The fourth-order valence-electron chi connectivity index (χ4n) is 3.22. The first-order valence-corrected chi connectivity index (χ1v) is 8.78. The third-order valence-electron chi connectivity index (χ3n) is 4.61. The summed E-state index contributed by atoms with van der Waals surface area (Å²) in [6.07, 6.45) is -0.817. The Labute approximate surface area is 154 Å². The highest BCUT2D eigenvalue weighted by Gasteiger charge is 2.32. The number of rotatable bonds is 7. The average molecular weight is 345 g/mol. The summed E-state index contributed by atoms with van der Waals surface area (Å²) < 4.78 is 0. The molecule has 0 radical (unpaired) electrons. The molecule has 3 N–H and O–H groups in total. The largest absolute Gasteiger partial charge is 0.385 e. The number of Topliss-reactive ketones (excluding diaryl/α,β-unsaturated/α-hetero) is 1. The van der Waals surface area contributed by atoms with Crippen molar-refractivity contribution in [2.45, 2.75) is 24.5 Å². The molecule has 3 aromatic carbocycles. The van der Waals surface area contributed by atoms with Crippen LogP contribution in [0.3, 0.4) is 0 Å². The van der Waals surface area contributed by atoms with Crippen molar-refractivity contribution >= 4 is 5.78 Å². The van der Waals surface area contributed by atoms with Crippen molar-refractivity contribution in [2.24, 2.45) is 5.73 Å². The minimum Gasteiger partial charge on any atom is -0.385 e. The molecule has 0 heterocycles. The molecule has 0 aliphatic heterocycles. The molecular formula is C23H23NO2. The number of carbonyl (C=O) groups excluding carboxylic acids is 1. The monoisotopic (exact) mass is 345 g/mol.